The normalized spacial score (nSPS) is 12.2. The van der Waals surface area contributed by atoms with Crippen LogP contribution in [0.15, 0.2) is 30.3 Å². The highest BCUT2D eigenvalue weighted by Crippen LogP contribution is 2.18. The van der Waals surface area contributed by atoms with E-state index in [1.165, 1.54) is 7.11 Å². The van der Waals surface area contributed by atoms with Gasteiger partial charge < -0.3 is 4.74 Å². The maximum atomic E-state index is 12.1. The van der Waals surface area contributed by atoms with Crippen LogP contribution in [0.2, 0.25) is 0 Å². The first-order valence-electron chi connectivity index (χ1n) is 5.25. The van der Waals surface area contributed by atoms with Crippen molar-refractivity contribution in [2.24, 2.45) is 11.8 Å². The Kier molecular flexibility index (Phi) is 4.23. The average molecular weight is 220 g/mol. The number of esters is 1. The molecule has 1 aromatic rings. The SMILES string of the molecule is COC(=O)[C@@H](C(=O)c1ccccc1)C(C)C. The van der Waals surface area contributed by atoms with Gasteiger partial charge in [-0.3, -0.25) is 9.59 Å². The van der Waals surface area contributed by atoms with Crippen LogP contribution in [-0.4, -0.2) is 18.9 Å². The standard InChI is InChI=1S/C13H16O3/c1-9(2)11(13(15)16-3)12(14)10-7-5-4-6-8-10/h4-9,11H,1-3H3/t11-/m1/s1. The molecule has 0 aliphatic heterocycles. The van der Waals surface area contributed by atoms with Crippen LogP contribution >= 0.6 is 0 Å². The third-order valence-corrected chi connectivity index (χ3v) is 2.46. The highest BCUT2D eigenvalue weighted by Gasteiger charge is 2.31. The lowest BCUT2D eigenvalue weighted by Crippen LogP contribution is -2.30. The molecule has 0 N–H and O–H groups in total. The number of hydrogen-bond acceptors (Lipinski definition) is 3. The summed E-state index contributed by atoms with van der Waals surface area (Å²) in [5.41, 5.74) is 0.548. The molecule has 0 unspecified atom stereocenters. The van der Waals surface area contributed by atoms with E-state index >= 15 is 0 Å². The van der Waals surface area contributed by atoms with Crippen LogP contribution < -0.4 is 0 Å². The zero-order valence-corrected chi connectivity index (χ0v) is 9.77. The van der Waals surface area contributed by atoms with Crippen LogP contribution in [-0.2, 0) is 9.53 Å². The van der Waals surface area contributed by atoms with Gasteiger partial charge in [0.2, 0.25) is 0 Å². The highest BCUT2D eigenvalue weighted by atomic mass is 16.5. The Morgan fingerprint density at radius 1 is 1.12 bits per heavy atom. The number of carbonyl (C=O) groups excluding carboxylic acids is 2. The van der Waals surface area contributed by atoms with Crippen molar-refractivity contribution < 1.29 is 14.3 Å². The van der Waals surface area contributed by atoms with E-state index in [1.54, 1.807) is 24.3 Å². The zero-order valence-electron chi connectivity index (χ0n) is 9.77. The zero-order chi connectivity index (χ0) is 12.1. The lowest BCUT2D eigenvalue weighted by atomic mass is 9.88. The minimum atomic E-state index is -0.715. The molecule has 1 rings (SSSR count). The summed E-state index contributed by atoms with van der Waals surface area (Å²) in [4.78, 5) is 23.6. The summed E-state index contributed by atoms with van der Waals surface area (Å²) in [5, 5.41) is 0. The van der Waals surface area contributed by atoms with Gasteiger partial charge in [0.15, 0.2) is 5.78 Å². The fraction of sp³-hybridized carbons (Fsp3) is 0.385. The molecule has 0 radical (unpaired) electrons. The quantitative estimate of drug-likeness (QED) is 0.444. The van der Waals surface area contributed by atoms with Gasteiger partial charge in [-0.1, -0.05) is 44.2 Å². The molecule has 0 aliphatic carbocycles. The maximum absolute atomic E-state index is 12.1. The molecule has 0 fully saturated rings. The number of methoxy groups -OCH3 is 1. The number of carbonyl (C=O) groups is 2. The fourth-order valence-corrected chi connectivity index (χ4v) is 1.59. The maximum Gasteiger partial charge on any atom is 0.316 e. The Labute approximate surface area is 95.4 Å². The lowest BCUT2D eigenvalue weighted by Gasteiger charge is -2.16. The van der Waals surface area contributed by atoms with Crippen LogP contribution in [0.4, 0.5) is 0 Å². The van der Waals surface area contributed by atoms with Gasteiger partial charge in [-0.2, -0.15) is 0 Å². The molecule has 86 valence electrons. The van der Waals surface area contributed by atoms with Crippen molar-refractivity contribution >= 4 is 11.8 Å². The highest BCUT2D eigenvalue weighted by molar-refractivity contribution is 6.08. The number of ketones is 1. The number of ether oxygens (including phenoxy) is 1. The van der Waals surface area contributed by atoms with E-state index in [2.05, 4.69) is 4.74 Å². The average Bonchev–Trinajstić information content (AvgIpc) is 2.29. The number of Topliss-reactive ketones (excluding diaryl/α,β-unsaturated/α-hetero) is 1. The van der Waals surface area contributed by atoms with Gasteiger partial charge in [0.25, 0.3) is 0 Å². The molecule has 0 saturated heterocycles. The van der Waals surface area contributed by atoms with E-state index in [0.717, 1.165) is 0 Å². The molecule has 0 aliphatic rings. The van der Waals surface area contributed by atoms with Crippen molar-refractivity contribution in [2.45, 2.75) is 13.8 Å². The summed E-state index contributed by atoms with van der Waals surface area (Å²) in [6.07, 6.45) is 0. The molecule has 0 saturated carbocycles. The molecule has 1 atom stereocenters. The van der Waals surface area contributed by atoms with Crippen molar-refractivity contribution in [3.8, 4) is 0 Å². The monoisotopic (exact) mass is 220 g/mol. The van der Waals surface area contributed by atoms with Gasteiger partial charge in [-0.05, 0) is 5.92 Å². The molecule has 0 amide bonds. The first kappa shape index (κ1) is 12.4. The van der Waals surface area contributed by atoms with Crippen LogP contribution in [0.3, 0.4) is 0 Å². The van der Waals surface area contributed by atoms with E-state index < -0.39 is 11.9 Å². The van der Waals surface area contributed by atoms with Crippen LogP contribution in [0.1, 0.15) is 24.2 Å². The van der Waals surface area contributed by atoms with Crippen molar-refractivity contribution in [2.75, 3.05) is 7.11 Å². The van der Waals surface area contributed by atoms with Gasteiger partial charge in [0, 0.05) is 5.56 Å². The predicted octanol–water partition coefficient (Wildman–Crippen LogP) is 2.31. The molecule has 0 aromatic heterocycles. The fourth-order valence-electron chi connectivity index (χ4n) is 1.59. The summed E-state index contributed by atoms with van der Waals surface area (Å²) in [6.45, 7) is 3.67. The first-order chi connectivity index (χ1) is 7.57. The van der Waals surface area contributed by atoms with Gasteiger partial charge >= 0.3 is 5.97 Å². The van der Waals surface area contributed by atoms with Crippen molar-refractivity contribution in [1.82, 2.24) is 0 Å². The Balaban J connectivity index is 2.97. The molecular formula is C13H16O3. The third kappa shape index (κ3) is 2.69. The number of hydrogen-bond donors (Lipinski definition) is 0. The summed E-state index contributed by atoms with van der Waals surface area (Å²) in [6, 6.07) is 8.81. The molecule has 16 heavy (non-hydrogen) atoms. The minimum absolute atomic E-state index is 0.0693. The number of rotatable bonds is 4. The van der Waals surface area contributed by atoms with Crippen molar-refractivity contribution in [1.29, 1.82) is 0 Å². The first-order valence-corrected chi connectivity index (χ1v) is 5.25. The summed E-state index contributed by atoms with van der Waals surface area (Å²) >= 11 is 0. The summed E-state index contributed by atoms with van der Waals surface area (Å²) in [7, 11) is 1.30. The molecular weight excluding hydrogens is 204 g/mol. The van der Waals surface area contributed by atoms with Gasteiger partial charge in [0.05, 0.1) is 7.11 Å². The molecule has 0 heterocycles. The topological polar surface area (TPSA) is 43.4 Å². The van der Waals surface area contributed by atoms with Crippen LogP contribution in [0.25, 0.3) is 0 Å². The second-order valence-electron chi connectivity index (χ2n) is 3.98. The van der Waals surface area contributed by atoms with Gasteiger partial charge in [-0.25, -0.2) is 0 Å². The smallest absolute Gasteiger partial charge is 0.316 e. The van der Waals surface area contributed by atoms with Crippen molar-refractivity contribution in [3.05, 3.63) is 35.9 Å². The van der Waals surface area contributed by atoms with E-state index in [-0.39, 0.29) is 11.7 Å². The Hall–Kier alpha value is -1.64. The molecule has 0 bridgehead atoms. The predicted molar refractivity (Wildman–Crippen MR) is 61.1 cm³/mol. The largest absolute Gasteiger partial charge is 0.468 e. The Morgan fingerprint density at radius 3 is 2.12 bits per heavy atom. The minimum Gasteiger partial charge on any atom is -0.468 e. The second-order valence-corrected chi connectivity index (χ2v) is 3.98. The number of benzene rings is 1. The van der Waals surface area contributed by atoms with E-state index in [4.69, 9.17) is 0 Å². The molecule has 1 aromatic carbocycles. The van der Waals surface area contributed by atoms with E-state index in [9.17, 15) is 9.59 Å². The molecule has 0 spiro atoms. The van der Waals surface area contributed by atoms with Crippen LogP contribution in [0.5, 0.6) is 0 Å². The summed E-state index contributed by atoms with van der Waals surface area (Å²) < 4.78 is 4.66. The Bertz CT molecular complexity index is 368. The van der Waals surface area contributed by atoms with Gasteiger partial charge in [-0.15, -0.1) is 0 Å². The van der Waals surface area contributed by atoms with E-state index in [0.29, 0.717) is 5.56 Å². The van der Waals surface area contributed by atoms with E-state index in [1.807, 2.05) is 19.9 Å². The lowest BCUT2D eigenvalue weighted by molar-refractivity contribution is -0.144. The summed E-state index contributed by atoms with van der Waals surface area (Å²) in [5.74, 6) is -1.43. The third-order valence-electron chi connectivity index (χ3n) is 2.46. The van der Waals surface area contributed by atoms with Gasteiger partial charge in [0.1, 0.15) is 5.92 Å². The Morgan fingerprint density at radius 2 is 1.69 bits per heavy atom. The second kappa shape index (κ2) is 5.45. The molecule has 3 heteroatoms. The molecule has 3 nitrogen and oxygen atoms in total. The van der Waals surface area contributed by atoms with Crippen molar-refractivity contribution in [3.63, 3.8) is 0 Å². The van der Waals surface area contributed by atoms with Crippen LogP contribution in [0, 0.1) is 11.8 Å².